The number of hydrogen-bond acceptors (Lipinski definition) is 2. The Morgan fingerprint density at radius 2 is 1.92 bits per heavy atom. The van der Waals surface area contributed by atoms with Crippen LogP contribution in [0, 0.1) is 6.92 Å². The van der Waals surface area contributed by atoms with Crippen molar-refractivity contribution in [2.24, 2.45) is 5.14 Å². The molecule has 0 fully saturated rings. The number of aryl methyl sites for hydroxylation is 1. The monoisotopic (exact) mass is 228 g/mol. The van der Waals surface area contributed by atoms with Crippen LogP contribution in [0.3, 0.4) is 0 Å². The van der Waals surface area contributed by atoms with E-state index >= 15 is 0 Å². The Bertz CT molecular complexity index is 405. The summed E-state index contributed by atoms with van der Waals surface area (Å²) in [5.74, 6) is 0. The van der Waals surface area contributed by atoms with Crippen LogP contribution >= 0.6 is 11.6 Å². The first kappa shape index (κ1) is 13.4. The fourth-order valence-corrected chi connectivity index (χ4v) is 1.54. The predicted octanol–water partition coefficient (Wildman–Crippen LogP) is 0.915. The summed E-state index contributed by atoms with van der Waals surface area (Å²) in [6, 6.07) is 4.38. The maximum Gasteiger partial charge on any atom is 0.238 e. The average Bonchev–Trinajstić information content (AvgIpc) is 1.92. The van der Waals surface area contributed by atoms with E-state index in [1.165, 1.54) is 12.1 Å². The van der Waals surface area contributed by atoms with Gasteiger partial charge in [-0.1, -0.05) is 17.7 Å². The Kier molecular flexibility index (Phi) is 4.93. The molecule has 67 valence electrons. The molecule has 1 radical (unpaired) electrons. The Morgan fingerprint density at radius 1 is 1.38 bits per heavy atom. The largest absolute Gasteiger partial charge is 0.238 e. The molecule has 0 aliphatic carbocycles. The van der Waals surface area contributed by atoms with E-state index < -0.39 is 10.0 Å². The minimum Gasteiger partial charge on any atom is -0.225 e. The molecule has 0 aromatic heterocycles. The summed E-state index contributed by atoms with van der Waals surface area (Å²) in [4.78, 5) is 0.0399. The van der Waals surface area contributed by atoms with Crippen LogP contribution in [-0.4, -0.2) is 38.0 Å². The van der Waals surface area contributed by atoms with Gasteiger partial charge in [-0.05, 0) is 24.6 Å². The van der Waals surface area contributed by atoms with Crippen LogP contribution in [0.25, 0.3) is 0 Å². The summed E-state index contributed by atoms with van der Waals surface area (Å²) in [6.07, 6.45) is 0. The quantitative estimate of drug-likeness (QED) is 0.727. The summed E-state index contributed by atoms with van der Waals surface area (Å²) < 4.78 is 21.6. The third kappa shape index (κ3) is 3.58. The maximum absolute atomic E-state index is 10.8. The van der Waals surface area contributed by atoms with Crippen molar-refractivity contribution in [2.75, 3.05) is 0 Å². The molecule has 0 atom stereocenters. The first-order valence-corrected chi connectivity index (χ1v) is 5.12. The van der Waals surface area contributed by atoms with Crippen LogP contribution < -0.4 is 5.14 Å². The summed E-state index contributed by atoms with van der Waals surface area (Å²) in [7, 11) is -3.63. The fourth-order valence-electron chi connectivity index (χ4n) is 0.751. The van der Waals surface area contributed by atoms with E-state index in [4.69, 9.17) is 16.7 Å². The van der Waals surface area contributed by atoms with Crippen molar-refractivity contribution < 1.29 is 8.42 Å². The summed E-state index contributed by atoms with van der Waals surface area (Å²) in [6.45, 7) is 1.79. The molecule has 0 amide bonds. The van der Waals surface area contributed by atoms with E-state index in [9.17, 15) is 8.42 Å². The standard InChI is InChI=1S/C7H8ClNO2S.Na/c1-5-2-3-6(4-7(5)8)12(9,10)11;/h2-4H,1H3,(H2,9,10,11);. The van der Waals surface area contributed by atoms with Crippen molar-refractivity contribution in [3.8, 4) is 0 Å². The molecule has 6 heteroatoms. The van der Waals surface area contributed by atoms with Gasteiger partial charge in [0.2, 0.25) is 10.0 Å². The van der Waals surface area contributed by atoms with Gasteiger partial charge in [-0.2, -0.15) is 0 Å². The predicted molar refractivity (Wildman–Crippen MR) is 53.3 cm³/mol. The SMILES string of the molecule is Cc1ccc(S(N)(=O)=O)cc1Cl.[Na]. The van der Waals surface area contributed by atoms with E-state index in [0.717, 1.165) is 5.56 Å². The van der Waals surface area contributed by atoms with Gasteiger partial charge in [-0.3, -0.25) is 0 Å². The van der Waals surface area contributed by atoms with Crippen LogP contribution in [0.4, 0.5) is 0 Å². The zero-order valence-electron chi connectivity index (χ0n) is 7.41. The summed E-state index contributed by atoms with van der Waals surface area (Å²) in [5.41, 5.74) is 0.823. The number of rotatable bonds is 1. The van der Waals surface area contributed by atoms with E-state index in [-0.39, 0.29) is 34.5 Å². The molecule has 0 aliphatic rings. The van der Waals surface area contributed by atoms with E-state index in [2.05, 4.69) is 0 Å². The van der Waals surface area contributed by atoms with E-state index in [1.807, 2.05) is 0 Å². The van der Waals surface area contributed by atoms with Gasteiger partial charge in [-0.15, -0.1) is 0 Å². The minimum absolute atomic E-state index is 0. The van der Waals surface area contributed by atoms with Gasteiger partial charge in [0, 0.05) is 34.6 Å². The fraction of sp³-hybridized carbons (Fsp3) is 0.143. The third-order valence-corrected chi connectivity index (χ3v) is 2.79. The maximum atomic E-state index is 10.8. The zero-order chi connectivity index (χ0) is 9.35. The molecule has 1 aromatic rings. The second kappa shape index (κ2) is 4.77. The molecule has 0 saturated heterocycles. The Balaban J connectivity index is 0.00000144. The van der Waals surface area contributed by atoms with Crippen molar-refractivity contribution in [1.29, 1.82) is 0 Å². The second-order valence-corrected chi connectivity index (χ2v) is 4.42. The van der Waals surface area contributed by atoms with Gasteiger partial charge in [0.15, 0.2) is 0 Å². The molecule has 3 nitrogen and oxygen atoms in total. The van der Waals surface area contributed by atoms with Gasteiger partial charge in [0.1, 0.15) is 0 Å². The smallest absolute Gasteiger partial charge is 0.225 e. The van der Waals surface area contributed by atoms with Crippen LogP contribution in [0.1, 0.15) is 5.56 Å². The summed E-state index contributed by atoms with van der Waals surface area (Å²) >= 11 is 5.70. The number of primary sulfonamides is 1. The van der Waals surface area contributed by atoms with Crippen LogP contribution in [0.5, 0.6) is 0 Å². The van der Waals surface area contributed by atoms with Gasteiger partial charge in [0.05, 0.1) is 4.90 Å². The third-order valence-electron chi connectivity index (χ3n) is 1.47. The van der Waals surface area contributed by atoms with Crippen molar-refractivity contribution >= 4 is 51.2 Å². The van der Waals surface area contributed by atoms with E-state index in [1.54, 1.807) is 13.0 Å². The Labute approximate surface area is 105 Å². The van der Waals surface area contributed by atoms with Crippen LogP contribution in [-0.2, 0) is 10.0 Å². The van der Waals surface area contributed by atoms with Gasteiger partial charge in [-0.25, -0.2) is 13.6 Å². The second-order valence-electron chi connectivity index (χ2n) is 2.46. The number of sulfonamides is 1. The molecular formula is C7H8ClNNaO2S. The minimum atomic E-state index is -3.63. The number of benzene rings is 1. The molecular weight excluding hydrogens is 221 g/mol. The molecule has 2 N–H and O–H groups in total. The number of halogens is 1. The first-order valence-electron chi connectivity index (χ1n) is 3.20. The topological polar surface area (TPSA) is 60.2 Å². The number of hydrogen-bond donors (Lipinski definition) is 1. The molecule has 0 spiro atoms. The number of nitrogens with two attached hydrogens (primary N) is 1. The van der Waals surface area contributed by atoms with E-state index in [0.29, 0.717) is 5.02 Å². The van der Waals surface area contributed by atoms with Gasteiger partial charge < -0.3 is 0 Å². The Morgan fingerprint density at radius 3 is 2.31 bits per heavy atom. The van der Waals surface area contributed by atoms with Crippen molar-refractivity contribution in [3.63, 3.8) is 0 Å². The van der Waals surface area contributed by atoms with Crippen molar-refractivity contribution in [1.82, 2.24) is 0 Å². The zero-order valence-corrected chi connectivity index (χ0v) is 11.0. The molecule has 0 saturated carbocycles. The Hall–Kier alpha value is 0.420. The first-order chi connectivity index (χ1) is 5.41. The van der Waals surface area contributed by atoms with Crippen molar-refractivity contribution in [3.05, 3.63) is 28.8 Å². The molecule has 13 heavy (non-hydrogen) atoms. The normalized spacial score (nSPS) is 10.7. The average molecular weight is 229 g/mol. The molecule has 0 heterocycles. The molecule has 1 aromatic carbocycles. The summed E-state index contributed by atoms with van der Waals surface area (Å²) in [5, 5.41) is 5.29. The molecule has 0 aliphatic heterocycles. The van der Waals surface area contributed by atoms with Crippen LogP contribution in [0.2, 0.25) is 5.02 Å². The van der Waals surface area contributed by atoms with Crippen molar-refractivity contribution in [2.45, 2.75) is 11.8 Å². The molecule has 0 unspecified atom stereocenters. The van der Waals surface area contributed by atoms with Crippen LogP contribution in [0.15, 0.2) is 23.1 Å². The van der Waals surface area contributed by atoms with Gasteiger partial charge in [0.25, 0.3) is 0 Å². The molecule has 1 rings (SSSR count). The van der Waals surface area contributed by atoms with Gasteiger partial charge >= 0.3 is 0 Å². The molecule has 0 bridgehead atoms.